The Labute approximate surface area is 173 Å². The van der Waals surface area contributed by atoms with Gasteiger partial charge < -0.3 is 20.2 Å². The summed E-state index contributed by atoms with van der Waals surface area (Å²) < 4.78 is 0. The van der Waals surface area contributed by atoms with Gasteiger partial charge in [-0.05, 0) is 12.8 Å². The van der Waals surface area contributed by atoms with E-state index in [0.29, 0.717) is 13.0 Å². The number of hydrogen-bond acceptors (Lipinski definition) is 4. The molecule has 0 saturated heterocycles. The molecule has 0 bridgehead atoms. The first-order chi connectivity index (χ1) is 13.6. The number of unbranched alkanes of at least 4 members (excludes halogenated alkanes) is 12. The summed E-state index contributed by atoms with van der Waals surface area (Å²) in [7, 11) is 0. The van der Waals surface area contributed by atoms with E-state index in [1.807, 2.05) is 0 Å². The minimum atomic E-state index is -0.995. The van der Waals surface area contributed by atoms with Gasteiger partial charge in [-0.3, -0.25) is 4.79 Å². The Kier molecular flexibility index (Phi) is 19.2. The highest BCUT2D eigenvalue weighted by atomic mass is 16.3. The van der Waals surface area contributed by atoms with E-state index in [1.54, 1.807) is 0 Å². The molecule has 0 aliphatic rings. The maximum Gasteiger partial charge on any atom is 0.251 e. The van der Waals surface area contributed by atoms with Gasteiger partial charge in [-0.25, -0.2) is 0 Å². The lowest BCUT2D eigenvalue weighted by molar-refractivity contribution is -0.142. The number of rotatable bonds is 20. The Morgan fingerprint density at radius 1 is 0.750 bits per heavy atom. The second-order valence-electron chi connectivity index (χ2n) is 8.17. The number of carbonyl (C=O) groups is 1. The summed E-state index contributed by atoms with van der Waals surface area (Å²) >= 11 is 0. The van der Waals surface area contributed by atoms with Crippen LogP contribution in [0.1, 0.15) is 110 Å². The van der Waals surface area contributed by atoms with Gasteiger partial charge in [0.1, 0.15) is 6.10 Å². The van der Waals surface area contributed by atoms with Crippen LogP contribution in [0.5, 0.6) is 0 Å². The minimum Gasteiger partial charge on any atom is -0.394 e. The molecule has 3 N–H and O–H groups in total. The van der Waals surface area contributed by atoms with Gasteiger partial charge in [-0.2, -0.15) is 0 Å². The van der Waals surface area contributed by atoms with Gasteiger partial charge in [0.15, 0.2) is 0 Å². The number of hydrogen-bond donors (Lipinski definition) is 3. The molecule has 0 rings (SSSR count). The molecule has 5 nitrogen and oxygen atoms in total. The van der Waals surface area contributed by atoms with Crippen LogP contribution in [0.15, 0.2) is 0 Å². The third kappa shape index (κ3) is 15.3. The summed E-state index contributed by atoms with van der Waals surface area (Å²) in [5.41, 5.74) is 0. The molecule has 1 amide bonds. The third-order valence-electron chi connectivity index (χ3n) is 5.35. The summed E-state index contributed by atoms with van der Waals surface area (Å²) in [6.45, 7) is 4.64. The van der Waals surface area contributed by atoms with Crippen molar-refractivity contribution in [2.75, 3.05) is 19.7 Å². The normalized spacial score (nSPS) is 13.5. The fraction of sp³-hybridized carbons (Fsp3) is 0.957. The van der Waals surface area contributed by atoms with Crippen LogP contribution in [0, 0.1) is 0 Å². The van der Waals surface area contributed by atoms with Gasteiger partial charge in [-0.15, -0.1) is 0 Å². The Morgan fingerprint density at radius 2 is 1.21 bits per heavy atom. The van der Waals surface area contributed by atoms with Crippen molar-refractivity contribution in [3.05, 3.63) is 0 Å². The molecule has 0 radical (unpaired) electrons. The van der Waals surface area contributed by atoms with E-state index >= 15 is 0 Å². The van der Waals surface area contributed by atoms with Crippen molar-refractivity contribution in [3.63, 3.8) is 0 Å². The highest BCUT2D eigenvalue weighted by Gasteiger charge is 2.23. The topological polar surface area (TPSA) is 81.0 Å². The molecular weight excluding hydrogens is 354 g/mol. The highest BCUT2D eigenvalue weighted by Crippen LogP contribution is 2.12. The zero-order chi connectivity index (χ0) is 21.0. The van der Waals surface area contributed by atoms with Gasteiger partial charge >= 0.3 is 0 Å². The van der Waals surface area contributed by atoms with Crippen LogP contribution in [-0.4, -0.2) is 58.0 Å². The SMILES string of the molecule is CCCCCCCCCCCCN(CC(O)CO)C(=O)C(O)CCCCCC. The number of amides is 1. The Balaban J connectivity index is 4.08. The van der Waals surface area contributed by atoms with Gasteiger partial charge in [-0.1, -0.05) is 97.3 Å². The van der Waals surface area contributed by atoms with Crippen molar-refractivity contribution < 1.29 is 20.1 Å². The lowest BCUT2D eigenvalue weighted by Crippen LogP contribution is -2.44. The van der Waals surface area contributed by atoms with Crippen LogP contribution in [0.25, 0.3) is 0 Å². The molecule has 28 heavy (non-hydrogen) atoms. The Morgan fingerprint density at radius 3 is 1.71 bits per heavy atom. The number of carbonyl (C=O) groups excluding carboxylic acids is 1. The van der Waals surface area contributed by atoms with Crippen LogP contribution >= 0.6 is 0 Å². The van der Waals surface area contributed by atoms with Crippen LogP contribution in [0.4, 0.5) is 0 Å². The van der Waals surface area contributed by atoms with Crippen LogP contribution in [0.2, 0.25) is 0 Å². The molecule has 0 saturated carbocycles. The predicted molar refractivity (Wildman–Crippen MR) is 116 cm³/mol. The summed E-state index contributed by atoms with van der Waals surface area (Å²) in [5.74, 6) is -0.306. The van der Waals surface area contributed by atoms with E-state index in [0.717, 1.165) is 44.9 Å². The molecule has 0 fully saturated rings. The average molecular weight is 402 g/mol. The van der Waals surface area contributed by atoms with Gasteiger partial charge in [0, 0.05) is 13.1 Å². The average Bonchev–Trinajstić information content (AvgIpc) is 2.70. The second kappa shape index (κ2) is 19.7. The van der Waals surface area contributed by atoms with Crippen LogP contribution in [-0.2, 0) is 4.79 Å². The maximum atomic E-state index is 12.5. The third-order valence-corrected chi connectivity index (χ3v) is 5.35. The molecule has 0 spiro atoms. The predicted octanol–water partition coefficient (Wildman–Crippen LogP) is 4.42. The first kappa shape index (κ1) is 27.4. The fourth-order valence-electron chi connectivity index (χ4n) is 3.49. The largest absolute Gasteiger partial charge is 0.394 e. The molecule has 2 atom stereocenters. The molecule has 0 aromatic rings. The van der Waals surface area contributed by atoms with E-state index in [1.165, 1.54) is 49.8 Å². The smallest absolute Gasteiger partial charge is 0.251 e. The molecule has 5 heteroatoms. The van der Waals surface area contributed by atoms with Crippen LogP contribution < -0.4 is 0 Å². The molecular formula is C23H47NO4. The fourth-order valence-corrected chi connectivity index (χ4v) is 3.49. The van der Waals surface area contributed by atoms with Crippen LogP contribution in [0.3, 0.4) is 0 Å². The first-order valence-corrected chi connectivity index (χ1v) is 11.8. The number of aliphatic hydroxyl groups excluding tert-OH is 3. The summed E-state index contributed by atoms with van der Waals surface area (Å²) in [4.78, 5) is 14.1. The second-order valence-corrected chi connectivity index (χ2v) is 8.17. The summed E-state index contributed by atoms with van der Waals surface area (Å²) in [6, 6.07) is 0. The van der Waals surface area contributed by atoms with Crippen molar-refractivity contribution in [3.8, 4) is 0 Å². The van der Waals surface area contributed by atoms with Crippen molar-refractivity contribution in [1.82, 2.24) is 4.90 Å². The summed E-state index contributed by atoms with van der Waals surface area (Å²) in [5, 5.41) is 29.0. The van der Waals surface area contributed by atoms with Gasteiger partial charge in [0.05, 0.1) is 12.7 Å². The zero-order valence-electron chi connectivity index (χ0n) is 18.6. The standard InChI is InChI=1S/C23H47NO4/c1-3-5-7-9-10-11-12-13-14-16-18-24(19-21(26)20-25)23(28)22(27)17-15-8-6-4-2/h21-22,25-27H,3-20H2,1-2H3. The Bertz CT molecular complexity index is 351. The molecule has 168 valence electrons. The maximum absolute atomic E-state index is 12.5. The van der Waals surface area contributed by atoms with Crippen molar-refractivity contribution in [2.24, 2.45) is 0 Å². The monoisotopic (exact) mass is 401 g/mol. The zero-order valence-corrected chi connectivity index (χ0v) is 18.6. The van der Waals surface area contributed by atoms with Gasteiger partial charge in [0.2, 0.25) is 0 Å². The van der Waals surface area contributed by atoms with Gasteiger partial charge in [0.25, 0.3) is 5.91 Å². The quantitative estimate of drug-likeness (QED) is 0.264. The molecule has 0 aliphatic heterocycles. The molecule has 0 aromatic carbocycles. The van der Waals surface area contributed by atoms with E-state index in [-0.39, 0.29) is 19.1 Å². The lowest BCUT2D eigenvalue weighted by Gasteiger charge is -2.27. The number of nitrogens with zero attached hydrogens (tertiary/aromatic N) is 1. The molecule has 0 heterocycles. The van der Waals surface area contributed by atoms with Crippen molar-refractivity contribution in [2.45, 2.75) is 122 Å². The van der Waals surface area contributed by atoms with E-state index in [4.69, 9.17) is 5.11 Å². The molecule has 0 aliphatic carbocycles. The van der Waals surface area contributed by atoms with Crippen molar-refractivity contribution in [1.29, 1.82) is 0 Å². The Hall–Kier alpha value is -0.650. The number of aliphatic hydroxyl groups is 3. The van der Waals surface area contributed by atoms with E-state index in [2.05, 4.69) is 13.8 Å². The van der Waals surface area contributed by atoms with Crippen molar-refractivity contribution >= 4 is 5.91 Å². The first-order valence-electron chi connectivity index (χ1n) is 11.8. The molecule has 2 unspecified atom stereocenters. The lowest BCUT2D eigenvalue weighted by atomic mass is 10.1. The van der Waals surface area contributed by atoms with E-state index < -0.39 is 12.2 Å². The highest BCUT2D eigenvalue weighted by molar-refractivity contribution is 5.80. The molecule has 0 aromatic heterocycles. The minimum absolute atomic E-state index is 0.0960. The van der Waals surface area contributed by atoms with E-state index in [9.17, 15) is 15.0 Å². The summed E-state index contributed by atoms with van der Waals surface area (Å²) in [6.07, 6.45) is 14.9.